The van der Waals surface area contributed by atoms with Gasteiger partial charge in [0, 0.05) is 6.42 Å². The summed E-state index contributed by atoms with van der Waals surface area (Å²) in [6, 6.07) is 0. The lowest BCUT2D eigenvalue weighted by atomic mass is 9.94. The minimum absolute atomic E-state index is 0.0653. The minimum atomic E-state index is 0.0653. The molecule has 1 aliphatic heterocycles. The Labute approximate surface area is 95.4 Å². The molecule has 1 N–H and O–H groups in total. The molecule has 2 heterocycles. The van der Waals surface area contributed by atoms with Crippen molar-refractivity contribution in [3.8, 4) is 0 Å². The summed E-state index contributed by atoms with van der Waals surface area (Å²) in [5, 5.41) is 12.7. The number of nitrogens with zero attached hydrogens (tertiary/aromatic N) is 3. The van der Waals surface area contributed by atoms with E-state index in [0.29, 0.717) is 18.2 Å². The van der Waals surface area contributed by atoms with E-state index in [0.717, 1.165) is 25.3 Å². The molecule has 1 aromatic rings. The van der Waals surface area contributed by atoms with Crippen molar-refractivity contribution < 1.29 is 9.63 Å². The predicted octanol–water partition coefficient (Wildman–Crippen LogP) is 0.489. The number of piperidine rings is 1. The van der Waals surface area contributed by atoms with E-state index < -0.39 is 0 Å². The third-order valence-corrected chi connectivity index (χ3v) is 3.15. The molecule has 1 aromatic heterocycles. The molecule has 5 nitrogen and oxygen atoms in total. The van der Waals surface area contributed by atoms with Crippen LogP contribution in [0.15, 0.2) is 4.52 Å². The van der Waals surface area contributed by atoms with Crippen LogP contribution >= 0.6 is 0 Å². The van der Waals surface area contributed by atoms with Crippen molar-refractivity contribution in [3.63, 3.8) is 0 Å². The summed E-state index contributed by atoms with van der Waals surface area (Å²) in [5.74, 6) is 2.01. The van der Waals surface area contributed by atoms with Crippen molar-refractivity contribution in [2.45, 2.75) is 25.7 Å². The third kappa shape index (κ3) is 3.02. The maximum absolute atomic E-state index is 8.75. The highest BCUT2D eigenvalue weighted by Gasteiger charge is 2.19. The molecule has 5 heteroatoms. The second kappa shape index (κ2) is 5.41. The number of aliphatic hydroxyl groups excluding tert-OH is 1. The fraction of sp³-hybridized carbons (Fsp3) is 0.818. The van der Waals surface area contributed by atoms with Gasteiger partial charge in [-0.15, -0.1) is 0 Å². The zero-order valence-electron chi connectivity index (χ0n) is 9.72. The van der Waals surface area contributed by atoms with E-state index in [2.05, 4.69) is 22.1 Å². The van der Waals surface area contributed by atoms with Crippen LogP contribution in [0.4, 0.5) is 0 Å². The van der Waals surface area contributed by atoms with Crippen LogP contribution in [0.1, 0.15) is 24.6 Å². The molecule has 1 fully saturated rings. The minimum Gasteiger partial charge on any atom is -0.396 e. The number of likely N-dealkylation sites (tertiary alicyclic amines) is 1. The van der Waals surface area contributed by atoms with Crippen molar-refractivity contribution in [1.82, 2.24) is 15.0 Å². The van der Waals surface area contributed by atoms with Crippen LogP contribution in [0.2, 0.25) is 0 Å². The zero-order chi connectivity index (χ0) is 11.4. The highest BCUT2D eigenvalue weighted by molar-refractivity contribution is 4.89. The fourth-order valence-electron chi connectivity index (χ4n) is 2.09. The summed E-state index contributed by atoms with van der Waals surface area (Å²) < 4.78 is 5.04. The Kier molecular flexibility index (Phi) is 3.90. The van der Waals surface area contributed by atoms with Gasteiger partial charge in [-0.25, -0.2) is 0 Å². The van der Waals surface area contributed by atoms with Crippen LogP contribution in [0.25, 0.3) is 0 Å². The van der Waals surface area contributed by atoms with Gasteiger partial charge in [-0.05, 0) is 38.9 Å². The average Bonchev–Trinajstić information content (AvgIpc) is 2.70. The monoisotopic (exact) mass is 225 g/mol. The normalized spacial score (nSPS) is 19.1. The number of hydrogen-bond donors (Lipinski definition) is 1. The van der Waals surface area contributed by atoms with Crippen molar-refractivity contribution in [3.05, 3.63) is 11.7 Å². The molecule has 0 saturated carbocycles. The van der Waals surface area contributed by atoms with Crippen LogP contribution in [-0.2, 0) is 12.8 Å². The molecule has 0 bridgehead atoms. The van der Waals surface area contributed by atoms with Gasteiger partial charge in [0.15, 0.2) is 5.82 Å². The van der Waals surface area contributed by atoms with Gasteiger partial charge in [-0.1, -0.05) is 5.16 Å². The summed E-state index contributed by atoms with van der Waals surface area (Å²) in [7, 11) is 2.16. The van der Waals surface area contributed by atoms with Gasteiger partial charge in [-0.3, -0.25) is 0 Å². The van der Waals surface area contributed by atoms with Gasteiger partial charge in [0.05, 0.1) is 13.0 Å². The molecular formula is C11H19N3O2. The molecule has 0 radical (unpaired) electrons. The van der Waals surface area contributed by atoms with E-state index in [4.69, 9.17) is 9.63 Å². The Morgan fingerprint density at radius 2 is 2.19 bits per heavy atom. The number of aromatic nitrogens is 2. The van der Waals surface area contributed by atoms with Crippen molar-refractivity contribution in [2.24, 2.45) is 5.92 Å². The van der Waals surface area contributed by atoms with Crippen molar-refractivity contribution in [2.75, 3.05) is 26.7 Å². The van der Waals surface area contributed by atoms with E-state index in [9.17, 15) is 0 Å². The smallest absolute Gasteiger partial charge is 0.228 e. The standard InChI is InChI=1S/C11H19N3O2/c1-14-5-2-9(3-6-14)8-10-12-11(4-7-15)16-13-10/h9,15H,2-8H2,1H3. The number of aliphatic hydroxyl groups is 1. The molecule has 1 saturated heterocycles. The van der Waals surface area contributed by atoms with Crippen molar-refractivity contribution in [1.29, 1.82) is 0 Å². The topological polar surface area (TPSA) is 62.4 Å². The largest absolute Gasteiger partial charge is 0.396 e. The van der Waals surface area contributed by atoms with E-state index >= 15 is 0 Å². The first kappa shape index (κ1) is 11.5. The maximum Gasteiger partial charge on any atom is 0.228 e. The Morgan fingerprint density at radius 3 is 2.88 bits per heavy atom. The van der Waals surface area contributed by atoms with E-state index in [1.165, 1.54) is 12.8 Å². The van der Waals surface area contributed by atoms with Crippen LogP contribution < -0.4 is 0 Å². The molecule has 0 aliphatic carbocycles. The number of hydrogen-bond acceptors (Lipinski definition) is 5. The van der Waals surface area contributed by atoms with Gasteiger partial charge in [0.1, 0.15) is 0 Å². The van der Waals surface area contributed by atoms with Gasteiger partial charge >= 0.3 is 0 Å². The number of rotatable bonds is 4. The quantitative estimate of drug-likeness (QED) is 0.808. The molecule has 2 rings (SSSR count). The Balaban J connectivity index is 1.83. The van der Waals surface area contributed by atoms with Gasteiger partial charge in [-0.2, -0.15) is 4.98 Å². The van der Waals surface area contributed by atoms with Gasteiger partial charge in [0.25, 0.3) is 0 Å². The second-order valence-corrected chi connectivity index (χ2v) is 4.53. The first-order valence-corrected chi connectivity index (χ1v) is 5.89. The summed E-state index contributed by atoms with van der Waals surface area (Å²) in [5.41, 5.74) is 0. The van der Waals surface area contributed by atoms with Crippen LogP contribution in [0, 0.1) is 5.92 Å². The molecule has 90 valence electrons. The van der Waals surface area contributed by atoms with E-state index in [-0.39, 0.29) is 6.61 Å². The molecule has 0 amide bonds. The highest BCUT2D eigenvalue weighted by Crippen LogP contribution is 2.19. The fourth-order valence-corrected chi connectivity index (χ4v) is 2.09. The van der Waals surface area contributed by atoms with E-state index in [1.807, 2.05) is 0 Å². The van der Waals surface area contributed by atoms with Crippen molar-refractivity contribution >= 4 is 0 Å². The van der Waals surface area contributed by atoms with Gasteiger partial charge < -0.3 is 14.5 Å². The average molecular weight is 225 g/mol. The first-order chi connectivity index (χ1) is 7.78. The Morgan fingerprint density at radius 1 is 1.44 bits per heavy atom. The Bertz CT molecular complexity index is 319. The summed E-state index contributed by atoms with van der Waals surface area (Å²) in [6.45, 7) is 2.38. The van der Waals surface area contributed by atoms with Crippen LogP contribution in [0.5, 0.6) is 0 Å². The molecule has 1 aliphatic rings. The summed E-state index contributed by atoms with van der Waals surface area (Å²) in [4.78, 5) is 6.61. The molecule has 0 spiro atoms. The van der Waals surface area contributed by atoms with Gasteiger partial charge in [0.2, 0.25) is 5.89 Å². The summed E-state index contributed by atoms with van der Waals surface area (Å²) >= 11 is 0. The maximum atomic E-state index is 8.75. The lowest BCUT2D eigenvalue weighted by Gasteiger charge is -2.27. The molecule has 0 unspecified atom stereocenters. The molecule has 0 atom stereocenters. The second-order valence-electron chi connectivity index (χ2n) is 4.53. The first-order valence-electron chi connectivity index (χ1n) is 5.89. The SMILES string of the molecule is CN1CCC(Cc2noc(CCO)n2)CC1. The lowest BCUT2D eigenvalue weighted by Crippen LogP contribution is -2.31. The van der Waals surface area contributed by atoms with Crippen LogP contribution in [0.3, 0.4) is 0 Å². The van der Waals surface area contributed by atoms with Crippen LogP contribution in [-0.4, -0.2) is 46.9 Å². The predicted molar refractivity (Wildman–Crippen MR) is 59.0 cm³/mol. The zero-order valence-corrected chi connectivity index (χ0v) is 9.72. The molecular weight excluding hydrogens is 206 g/mol. The van der Waals surface area contributed by atoms with E-state index in [1.54, 1.807) is 0 Å². The molecule has 16 heavy (non-hydrogen) atoms. The third-order valence-electron chi connectivity index (χ3n) is 3.15. The lowest BCUT2D eigenvalue weighted by molar-refractivity contribution is 0.216. The molecule has 0 aromatic carbocycles. The Hall–Kier alpha value is -0.940. The highest BCUT2D eigenvalue weighted by atomic mass is 16.5. The summed E-state index contributed by atoms with van der Waals surface area (Å²) in [6.07, 6.45) is 3.78.